The number of nitrogens with zero attached hydrogens (tertiary/aromatic N) is 2. The molecule has 2 heterocycles. The summed E-state index contributed by atoms with van der Waals surface area (Å²) in [6.07, 6.45) is 0. The second-order valence-corrected chi connectivity index (χ2v) is 4.76. The molecule has 2 rings (SSSR count). The molecule has 0 amide bonds. The van der Waals surface area contributed by atoms with E-state index in [0.717, 1.165) is 17.8 Å². The number of nitrogen functional groups attached to an aromatic ring is 1. The van der Waals surface area contributed by atoms with E-state index < -0.39 is 0 Å². The lowest BCUT2D eigenvalue weighted by atomic mass is 10.4. The van der Waals surface area contributed by atoms with Crippen molar-refractivity contribution < 1.29 is 4.74 Å². The van der Waals surface area contributed by atoms with E-state index in [1.807, 2.05) is 0 Å². The summed E-state index contributed by atoms with van der Waals surface area (Å²) in [5, 5.41) is 1.19. The zero-order valence-electron chi connectivity index (χ0n) is 6.74. The first-order valence-corrected chi connectivity index (χ1v) is 5.46. The van der Waals surface area contributed by atoms with E-state index in [-0.39, 0.29) is 0 Å². The highest BCUT2D eigenvalue weighted by Crippen LogP contribution is 2.26. The van der Waals surface area contributed by atoms with Crippen molar-refractivity contribution in [2.24, 2.45) is 0 Å². The predicted octanol–water partition coefficient (Wildman–Crippen LogP) is 1.31. The Labute approximate surface area is 88.4 Å². The number of ether oxygens (including phenoxy) is 1. The minimum atomic E-state index is 0.480. The minimum Gasteiger partial charge on any atom is -0.384 e. The summed E-state index contributed by atoms with van der Waals surface area (Å²) in [5.41, 5.74) is 5.57. The molecule has 0 radical (unpaired) electrons. The number of hydrogen-bond donors (Lipinski definition) is 1. The quantitative estimate of drug-likeness (QED) is 0.643. The topological polar surface area (TPSA) is 61.0 Å². The second-order valence-electron chi connectivity index (χ2n) is 2.68. The van der Waals surface area contributed by atoms with Gasteiger partial charge >= 0.3 is 0 Å². The van der Waals surface area contributed by atoms with Gasteiger partial charge in [-0.05, 0) is 15.9 Å². The number of rotatable bonds is 2. The lowest BCUT2D eigenvalue weighted by Gasteiger charge is -2.24. The van der Waals surface area contributed by atoms with Gasteiger partial charge in [-0.3, -0.25) is 0 Å². The molecule has 1 saturated heterocycles. The van der Waals surface area contributed by atoms with Gasteiger partial charge in [-0.1, -0.05) is 11.8 Å². The van der Waals surface area contributed by atoms with Crippen LogP contribution in [0.4, 0.5) is 5.82 Å². The maximum atomic E-state index is 5.57. The van der Waals surface area contributed by atoms with E-state index in [9.17, 15) is 0 Å². The van der Waals surface area contributed by atoms with Crippen LogP contribution < -0.4 is 5.73 Å². The summed E-state index contributed by atoms with van der Waals surface area (Å²) < 4.78 is 5.77. The molecule has 0 aromatic carbocycles. The molecule has 1 aromatic heterocycles. The third-order valence-electron chi connectivity index (χ3n) is 1.57. The Morgan fingerprint density at radius 2 is 2.31 bits per heavy atom. The Balaban J connectivity index is 2.10. The zero-order valence-corrected chi connectivity index (χ0v) is 9.14. The van der Waals surface area contributed by atoms with Gasteiger partial charge in [0, 0.05) is 6.07 Å². The highest BCUT2D eigenvalue weighted by molar-refractivity contribution is 9.10. The molecule has 1 fully saturated rings. The van der Waals surface area contributed by atoms with Gasteiger partial charge < -0.3 is 10.5 Å². The maximum absolute atomic E-state index is 5.57. The van der Waals surface area contributed by atoms with E-state index >= 15 is 0 Å². The maximum Gasteiger partial charge on any atom is 0.191 e. The lowest BCUT2D eigenvalue weighted by Crippen LogP contribution is -2.30. The molecule has 1 aliphatic rings. The zero-order chi connectivity index (χ0) is 9.26. The number of halogens is 1. The van der Waals surface area contributed by atoms with Crippen LogP contribution >= 0.6 is 27.7 Å². The van der Waals surface area contributed by atoms with Crippen molar-refractivity contribution in [2.45, 2.75) is 10.4 Å². The second kappa shape index (κ2) is 3.81. The standard InChI is InChI=1S/C7H8BrN3OS/c8-5-1-6(9)11-7(10-5)13-4-2-12-3-4/h1,4H,2-3H2,(H2,9,10,11). The van der Waals surface area contributed by atoms with Gasteiger partial charge in [0.25, 0.3) is 0 Å². The van der Waals surface area contributed by atoms with Crippen LogP contribution in [0.3, 0.4) is 0 Å². The third kappa shape index (κ3) is 2.32. The van der Waals surface area contributed by atoms with E-state index in [1.54, 1.807) is 17.8 Å². The van der Waals surface area contributed by atoms with E-state index in [4.69, 9.17) is 10.5 Å². The number of hydrogen-bond acceptors (Lipinski definition) is 5. The van der Waals surface area contributed by atoms with Crippen molar-refractivity contribution in [3.05, 3.63) is 10.7 Å². The van der Waals surface area contributed by atoms with Crippen LogP contribution in [0.5, 0.6) is 0 Å². The van der Waals surface area contributed by atoms with Gasteiger partial charge in [-0.25, -0.2) is 9.97 Å². The summed E-state index contributed by atoms with van der Waals surface area (Å²) in [6.45, 7) is 1.56. The molecule has 0 saturated carbocycles. The van der Waals surface area contributed by atoms with Crippen LogP contribution in [0.1, 0.15) is 0 Å². The van der Waals surface area contributed by atoms with Crippen LogP contribution in [0.2, 0.25) is 0 Å². The molecule has 1 aliphatic heterocycles. The molecule has 1 aromatic rings. The van der Waals surface area contributed by atoms with Crippen LogP contribution in [-0.2, 0) is 4.74 Å². The van der Waals surface area contributed by atoms with E-state index in [2.05, 4.69) is 25.9 Å². The summed E-state index contributed by atoms with van der Waals surface area (Å²) >= 11 is 4.87. The van der Waals surface area contributed by atoms with Crippen molar-refractivity contribution in [1.29, 1.82) is 0 Å². The van der Waals surface area contributed by atoms with Gasteiger partial charge in [-0.15, -0.1) is 0 Å². The summed E-state index contributed by atoms with van der Waals surface area (Å²) in [6, 6.07) is 1.68. The van der Waals surface area contributed by atoms with Gasteiger partial charge in [0.15, 0.2) is 5.16 Å². The van der Waals surface area contributed by atoms with Gasteiger partial charge in [-0.2, -0.15) is 0 Å². The van der Waals surface area contributed by atoms with Crippen molar-refractivity contribution in [3.8, 4) is 0 Å². The molecular formula is C7H8BrN3OS. The first-order valence-electron chi connectivity index (χ1n) is 3.78. The number of thioether (sulfide) groups is 1. The largest absolute Gasteiger partial charge is 0.384 e. The van der Waals surface area contributed by atoms with Crippen LogP contribution in [-0.4, -0.2) is 28.4 Å². The highest BCUT2D eigenvalue weighted by atomic mass is 79.9. The first kappa shape index (κ1) is 9.23. The monoisotopic (exact) mass is 261 g/mol. The lowest BCUT2D eigenvalue weighted by molar-refractivity contribution is 0.0454. The molecular weight excluding hydrogens is 254 g/mol. The molecule has 70 valence electrons. The molecule has 0 atom stereocenters. The molecule has 0 aliphatic carbocycles. The van der Waals surface area contributed by atoms with Crippen molar-refractivity contribution in [3.63, 3.8) is 0 Å². The summed E-state index contributed by atoms with van der Waals surface area (Å²) in [5.74, 6) is 0.490. The number of nitrogens with two attached hydrogens (primary N) is 1. The first-order chi connectivity index (χ1) is 6.24. The fraction of sp³-hybridized carbons (Fsp3) is 0.429. The van der Waals surface area contributed by atoms with Crippen LogP contribution in [0, 0.1) is 0 Å². The molecule has 0 unspecified atom stereocenters. The SMILES string of the molecule is Nc1cc(Br)nc(SC2COC2)n1. The molecule has 4 nitrogen and oxygen atoms in total. The van der Waals surface area contributed by atoms with Gasteiger partial charge in [0.2, 0.25) is 0 Å². The van der Waals surface area contributed by atoms with Gasteiger partial charge in [0.1, 0.15) is 10.4 Å². The molecule has 13 heavy (non-hydrogen) atoms. The van der Waals surface area contributed by atoms with Crippen LogP contribution in [0.15, 0.2) is 15.8 Å². The van der Waals surface area contributed by atoms with Gasteiger partial charge in [0.05, 0.1) is 18.5 Å². The Kier molecular flexibility index (Phi) is 2.71. The fourth-order valence-corrected chi connectivity index (χ4v) is 2.35. The van der Waals surface area contributed by atoms with Crippen molar-refractivity contribution >= 4 is 33.5 Å². The van der Waals surface area contributed by atoms with Crippen LogP contribution in [0.25, 0.3) is 0 Å². The Bertz CT molecular complexity index is 298. The summed E-state index contributed by atoms with van der Waals surface area (Å²) in [7, 11) is 0. The fourth-order valence-electron chi connectivity index (χ4n) is 0.897. The Morgan fingerprint density at radius 3 is 2.85 bits per heavy atom. The molecule has 6 heteroatoms. The number of aromatic nitrogens is 2. The van der Waals surface area contributed by atoms with Crippen molar-refractivity contribution in [2.75, 3.05) is 18.9 Å². The Hall–Kier alpha value is -0.330. The molecule has 2 N–H and O–H groups in total. The summed E-state index contributed by atoms with van der Waals surface area (Å²) in [4.78, 5) is 8.29. The average Bonchev–Trinajstić information content (AvgIpc) is 1.95. The smallest absolute Gasteiger partial charge is 0.191 e. The average molecular weight is 262 g/mol. The number of anilines is 1. The minimum absolute atomic E-state index is 0.480. The normalized spacial score (nSPS) is 17.0. The molecule has 0 spiro atoms. The van der Waals surface area contributed by atoms with Crippen molar-refractivity contribution in [1.82, 2.24) is 9.97 Å². The highest BCUT2D eigenvalue weighted by Gasteiger charge is 2.21. The molecule has 0 bridgehead atoms. The van der Waals surface area contributed by atoms with E-state index in [0.29, 0.717) is 16.2 Å². The predicted molar refractivity (Wildman–Crippen MR) is 54.6 cm³/mol. The third-order valence-corrected chi connectivity index (χ3v) is 2.98. The Morgan fingerprint density at radius 1 is 1.54 bits per heavy atom. The van der Waals surface area contributed by atoms with E-state index in [1.165, 1.54) is 0 Å².